The molecule has 2 rings (SSSR count). The van der Waals surface area contributed by atoms with Crippen LogP contribution in [0.15, 0.2) is 60.7 Å². The van der Waals surface area contributed by atoms with Crippen LogP contribution in [0.2, 0.25) is 0 Å². The quantitative estimate of drug-likeness (QED) is 0.837. The van der Waals surface area contributed by atoms with Crippen LogP contribution in [-0.2, 0) is 11.2 Å². The van der Waals surface area contributed by atoms with Gasteiger partial charge in [-0.15, -0.1) is 0 Å². The molecule has 1 atom stereocenters. The van der Waals surface area contributed by atoms with Crippen molar-refractivity contribution in [3.05, 3.63) is 66.2 Å². The van der Waals surface area contributed by atoms with E-state index in [0.29, 0.717) is 6.42 Å². The molecule has 2 aromatic carbocycles. The maximum absolute atomic E-state index is 11.9. The van der Waals surface area contributed by atoms with Crippen molar-refractivity contribution in [3.63, 3.8) is 0 Å². The Labute approximate surface area is 107 Å². The summed E-state index contributed by atoms with van der Waals surface area (Å²) in [5.74, 6) is -0.0509. The van der Waals surface area contributed by atoms with Gasteiger partial charge in [-0.1, -0.05) is 48.5 Å². The van der Waals surface area contributed by atoms with Gasteiger partial charge in [-0.2, -0.15) is 0 Å². The third-order valence-corrected chi connectivity index (χ3v) is 2.74. The summed E-state index contributed by atoms with van der Waals surface area (Å²) in [6, 6.07) is 19.1. The van der Waals surface area contributed by atoms with Gasteiger partial charge in [0.15, 0.2) is 6.04 Å². The van der Waals surface area contributed by atoms with Crippen molar-refractivity contribution in [1.82, 2.24) is 0 Å². The lowest BCUT2D eigenvalue weighted by Crippen LogP contribution is -2.67. The normalized spacial score (nSPS) is 11.8. The van der Waals surface area contributed by atoms with Crippen LogP contribution in [0.1, 0.15) is 5.56 Å². The Morgan fingerprint density at radius 3 is 2.17 bits per heavy atom. The Kier molecular flexibility index (Phi) is 4.10. The zero-order chi connectivity index (χ0) is 12.8. The first-order valence-electron chi connectivity index (χ1n) is 5.98. The molecular formula is C15H17N2O+. The zero-order valence-electron chi connectivity index (χ0n) is 10.2. The van der Waals surface area contributed by atoms with Crippen LogP contribution < -0.4 is 11.1 Å². The number of carbonyl (C=O) groups excluding carboxylic acids is 1. The number of carbonyl (C=O) groups is 1. The summed E-state index contributed by atoms with van der Waals surface area (Å²) in [5.41, 5.74) is 5.85. The van der Waals surface area contributed by atoms with Crippen molar-refractivity contribution in [3.8, 4) is 0 Å². The molecule has 0 saturated carbocycles. The number of anilines is 1. The number of nitrogens with one attached hydrogen (secondary N) is 1. The summed E-state index contributed by atoms with van der Waals surface area (Å²) >= 11 is 0. The van der Waals surface area contributed by atoms with E-state index in [1.165, 1.54) is 0 Å². The van der Waals surface area contributed by atoms with Crippen molar-refractivity contribution in [2.45, 2.75) is 12.5 Å². The third kappa shape index (κ3) is 3.43. The molecule has 0 aliphatic heterocycles. The van der Waals surface area contributed by atoms with E-state index < -0.39 is 0 Å². The zero-order valence-corrected chi connectivity index (χ0v) is 10.2. The van der Waals surface area contributed by atoms with E-state index in [1.54, 1.807) is 0 Å². The molecule has 18 heavy (non-hydrogen) atoms. The summed E-state index contributed by atoms with van der Waals surface area (Å²) in [7, 11) is 0. The van der Waals surface area contributed by atoms with Crippen LogP contribution in [0.4, 0.5) is 5.69 Å². The summed E-state index contributed by atoms with van der Waals surface area (Å²) in [5, 5.41) is 2.86. The maximum atomic E-state index is 11.9. The van der Waals surface area contributed by atoms with Crippen molar-refractivity contribution < 1.29 is 10.5 Å². The smallest absolute Gasteiger partial charge is 0.282 e. The SMILES string of the molecule is [NH3+][C@@H](Cc1ccccc1)C(=O)Nc1ccccc1. The largest absolute Gasteiger partial charge is 0.347 e. The lowest BCUT2D eigenvalue weighted by atomic mass is 10.1. The molecule has 0 aliphatic rings. The number of para-hydroxylation sites is 1. The molecule has 0 aliphatic carbocycles. The Morgan fingerprint density at radius 2 is 1.56 bits per heavy atom. The lowest BCUT2D eigenvalue weighted by molar-refractivity contribution is -0.402. The molecule has 0 aromatic heterocycles. The Bertz CT molecular complexity index is 496. The highest BCUT2D eigenvalue weighted by atomic mass is 16.2. The Balaban J connectivity index is 1.93. The number of quaternary nitrogens is 1. The fraction of sp³-hybridized carbons (Fsp3) is 0.133. The van der Waals surface area contributed by atoms with Gasteiger partial charge in [0.05, 0.1) is 0 Å². The van der Waals surface area contributed by atoms with Crippen molar-refractivity contribution in [2.75, 3.05) is 5.32 Å². The standard InChI is InChI=1S/C15H16N2O/c16-14(11-12-7-3-1-4-8-12)15(18)17-13-9-5-2-6-10-13/h1-10,14H,11,16H2,(H,17,18)/p+1/t14-/m0/s1. The van der Waals surface area contributed by atoms with Gasteiger partial charge in [0.25, 0.3) is 5.91 Å². The molecule has 0 fully saturated rings. The van der Waals surface area contributed by atoms with Gasteiger partial charge in [-0.05, 0) is 17.7 Å². The average Bonchev–Trinajstić information content (AvgIpc) is 2.41. The fourth-order valence-electron chi connectivity index (χ4n) is 1.76. The summed E-state index contributed by atoms with van der Waals surface area (Å²) in [6.45, 7) is 0. The minimum Gasteiger partial charge on any atom is -0.347 e. The molecule has 1 amide bonds. The van der Waals surface area contributed by atoms with Crippen LogP contribution >= 0.6 is 0 Å². The van der Waals surface area contributed by atoms with Gasteiger partial charge < -0.3 is 11.1 Å². The molecule has 92 valence electrons. The molecule has 0 spiro atoms. The van der Waals surface area contributed by atoms with E-state index in [1.807, 2.05) is 60.7 Å². The van der Waals surface area contributed by atoms with Crippen LogP contribution in [0.5, 0.6) is 0 Å². The Morgan fingerprint density at radius 1 is 1.00 bits per heavy atom. The molecule has 2 aromatic rings. The molecule has 3 nitrogen and oxygen atoms in total. The number of rotatable bonds is 4. The highest BCUT2D eigenvalue weighted by Gasteiger charge is 2.17. The second kappa shape index (κ2) is 5.98. The molecule has 0 radical (unpaired) electrons. The van der Waals surface area contributed by atoms with Gasteiger partial charge in [-0.3, -0.25) is 4.79 Å². The molecule has 0 unspecified atom stereocenters. The minimum atomic E-state index is -0.285. The highest BCUT2D eigenvalue weighted by molar-refractivity contribution is 5.93. The van der Waals surface area contributed by atoms with Crippen molar-refractivity contribution in [2.24, 2.45) is 0 Å². The Hall–Kier alpha value is -2.13. The first-order valence-corrected chi connectivity index (χ1v) is 5.98. The lowest BCUT2D eigenvalue weighted by Gasteiger charge is -2.09. The number of amides is 1. The summed E-state index contributed by atoms with van der Waals surface area (Å²) in [6.07, 6.45) is 0.652. The van der Waals surface area contributed by atoms with E-state index >= 15 is 0 Å². The number of hydrogen-bond acceptors (Lipinski definition) is 1. The van der Waals surface area contributed by atoms with Crippen molar-refractivity contribution in [1.29, 1.82) is 0 Å². The fourth-order valence-corrected chi connectivity index (χ4v) is 1.76. The monoisotopic (exact) mass is 241 g/mol. The summed E-state index contributed by atoms with van der Waals surface area (Å²) in [4.78, 5) is 11.9. The average molecular weight is 241 g/mol. The van der Waals surface area contributed by atoms with Crippen LogP contribution in [0.25, 0.3) is 0 Å². The second-order valence-electron chi connectivity index (χ2n) is 4.24. The van der Waals surface area contributed by atoms with Gasteiger partial charge >= 0.3 is 0 Å². The molecule has 0 bridgehead atoms. The minimum absolute atomic E-state index is 0.0509. The van der Waals surface area contributed by atoms with Gasteiger partial charge in [0.2, 0.25) is 0 Å². The summed E-state index contributed by atoms with van der Waals surface area (Å²) < 4.78 is 0. The van der Waals surface area contributed by atoms with Crippen molar-refractivity contribution >= 4 is 11.6 Å². The highest BCUT2D eigenvalue weighted by Crippen LogP contribution is 2.06. The van der Waals surface area contributed by atoms with Crippen LogP contribution in [0, 0.1) is 0 Å². The van der Waals surface area contributed by atoms with E-state index in [2.05, 4.69) is 11.1 Å². The maximum Gasteiger partial charge on any atom is 0.282 e. The van der Waals surface area contributed by atoms with E-state index in [9.17, 15) is 4.79 Å². The van der Waals surface area contributed by atoms with Crippen LogP contribution in [-0.4, -0.2) is 11.9 Å². The number of benzene rings is 2. The van der Waals surface area contributed by atoms with Gasteiger partial charge in [-0.25, -0.2) is 0 Å². The first kappa shape index (κ1) is 12.3. The van der Waals surface area contributed by atoms with Gasteiger partial charge in [0.1, 0.15) is 0 Å². The van der Waals surface area contributed by atoms with E-state index in [4.69, 9.17) is 0 Å². The molecule has 0 heterocycles. The van der Waals surface area contributed by atoms with E-state index in [-0.39, 0.29) is 11.9 Å². The topological polar surface area (TPSA) is 56.7 Å². The molecular weight excluding hydrogens is 224 g/mol. The molecule has 3 heteroatoms. The van der Waals surface area contributed by atoms with Gasteiger partial charge in [0, 0.05) is 12.1 Å². The number of hydrogen-bond donors (Lipinski definition) is 2. The molecule has 0 saturated heterocycles. The second-order valence-corrected chi connectivity index (χ2v) is 4.24. The third-order valence-electron chi connectivity index (χ3n) is 2.74. The predicted molar refractivity (Wildman–Crippen MR) is 71.9 cm³/mol. The first-order chi connectivity index (χ1) is 8.75. The van der Waals surface area contributed by atoms with Crippen LogP contribution in [0.3, 0.4) is 0 Å². The predicted octanol–water partition coefficient (Wildman–Crippen LogP) is 1.48. The molecule has 4 N–H and O–H groups in total. The van der Waals surface area contributed by atoms with E-state index in [0.717, 1.165) is 11.3 Å².